The number of pyridine rings is 1. The zero-order valence-electron chi connectivity index (χ0n) is 36.2. The van der Waals surface area contributed by atoms with Crippen LogP contribution in [0.15, 0.2) is 95.7 Å². The lowest BCUT2D eigenvalue weighted by Gasteiger charge is -2.39. The molecule has 0 radical (unpaired) electrons. The average molecular weight is 915 g/mol. The molecule has 2 aliphatic carbocycles. The Morgan fingerprint density at radius 1 is 0.921 bits per heavy atom. The van der Waals surface area contributed by atoms with Gasteiger partial charge < -0.3 is 19.9 Å². The number of ether oxygens (including phenoxy) is 1. The number of carbonyl (C=O) groups excluding carboxylic acids is 1. The van der Waals surface area contributed by atoms with Gasteiger partial charge in [0.25, 0.3) is 15.9 Å². The highest BCUT2D eigenvalue weighted by Crippen LogP contribution is 2.43. The van der Waals surface area contributed by atoms with Crippen molar-refractivity contribution >= 4 is 65.5 Å². The Morgan fingerprint density at radius 3 is 2.37 bits per heavy atom. The number of piperazine rings is 1. The molecule has 16 heteroatoms. The van der Waals surface area contributed by atoms with Gasteiger partial charge in [-0.25, -0.2) is 31.3 Å². The summed E-state index contributed by atoms with van der Waals surface area (Å²) >= 11 is 6.25. The number of H-pyrrole nitrogens is 1. The van der Waals surface area contributed by atoms with Crippen LogP contribution in [-0.4, -0.2) is 88.7 Å². The van der Waals surface area contributed by atoms with Crippen molar-refractivity contribution in [2.75, 3.05) is 49.2 Å². The van der Waals surface area contributed by atoms with E-state index in [2.05, 4.69) is 60.5 Å². The Bertz CT molecular complexity index is 2740. The molecule has 5 aromatic rings. The molecule has 3 heterocycles. The van der Waals surface area contributed by atoms with Gasteiger partial charge in [-0.15, -0.1) is 0 Å². The van der Waals surface area contributed by atoms with Crippen LogP contribution in [0.5, 0.6) is 11.5 Å². The van der Waals surface area contributed by atoms with Gasteiger partial charge in [0.15, 0.2) is 0 Å². The molecule has 4 N–H and O–H groups in total. The maximum atomic E-state index is 14.0. The molecule has 63 heavy (non-hydrogen) atoms. The number of aromatic nitrogens is 2. The van der Waals surface area contributed by atoms with Crippen LogP contribution in [0.25, 0.3) is 16.6 Å². The molecule has 1 saturated heterocycles. The Labute approximate surface area is 375 Å². The van der Waals surface area contributed by atoms with Crippen molar-refractivity contribution < 1.29 is 26.4 Å². The van der Waals surface area contributed by atoms with E-state index < -0.39 is 26.0 Å². The number of allylic oxidation sites excluding steroid dienone is 1. The van der Waals surface area contributed by atoms with Crippen molar-refractivity contribution in [2.45, 2.75) is 82.7 Å². The highest BCUT2D eigenvalue weighted by Gasteiger charge is 2.30. The maximum Gasteiger partial charge on any atom is 0.268 e. The number of hydrogen-bond donors (Lipinski definition) is 4. The summed E-state index contributed by atoms with van der Waals surface area (Å²) in [7, 11) is -7.56. The van der Waals surface area contributed by atoms with Gasteiger partial charge in [-0.2, -0.15) is 0 Å². The summed E-state index contributed by atoms with van der Waals surface area (Å²) in [4.78, 5) is 26.2. The molecule has 3 aromatic carbocycles. The van der Waals surface area contributed by atoms with Crippen molar-refractivity contribution in [3.63, 3.8) is 0 Å². The van der Waals surface area contributed by atoms with Gasteiger partial charge >= 0.3 is 0 Å². The third-order valence-electron chi connectivity index (χ3n) is 12.5. The van der Waals surface area contributed by atoms with E-state index in [1.54, 1.807) is 30.6 Å². The summed E-state index contributed by atoms with van der Waals surface area (Å²) in [5, 5.41) is 5.05. The molecular formula is C47H56ClN7O6S2. The van der Waals surface area contributed by atoms with Gasteiger partial charge in [0.1, 0.15) is 17.1 Å². The smallest absolute Gasteiger partial charge is 0.268 e. The van der Waals surface area contributed by atoms with Gasteiger partial charge in [0.2, 0.25) is 10.0 Å². The molecule has 334 valence electrons. The van der Waals surface area contributed by atoms with Gasteiger partial charge in [-0.3, -0.25) is 9.69 Å². The average Bonchev–Trinajstić information content (AvgIpc) is 3.71. The normalized spacial score (nSPS) is 19.9. The number of amides is 1. The Balaban J connectivity index is 0.968. The second-order valence-corrected chi connectivity index (χ2v) is 22.0. The molecule has 3 aliphatic rings. The molecule has 8 rings (SSSR count). The van der Waals surface area contributed by atoms with Gasteiger partial charge in [0.05, 0.1) is 22.9 Å². The second kappa shape index (κ2) is 18.3. The number of halogens is 1. The van der Waals surface area contributed by atoms with Crippen LogP contribution in [0.1, 0.15) is 80.3 Å². The standard InChI is InChI=1S/C47H56ClN7O6S2/c1-31-25-40(14-16-43(31)51-36-9-11-37(12-10-36)52-62(4,57)58)63(59,60)53-46(56)41-15-13-38(27-44(41)61-39-26-33-18-20-49-45(33)50-29-39)55-23-21-54(22-24-55)30-34-17-19-47(2,3)28-42(34)32-5-7-35(48)8-6-32/h5-8,13-16,18,20,25-27,29,36-37,51-52H,9-12,17,19,21-24,28,30H2,1-4H3,(H,49,50)(H,53,56). The number of nitrogens with one attached hydrogen (secondary N) is 4. The van der Waals surface area contributed by atoms with Crippen LogP contribution < -0.4 is 24.4 Å². The fourth-order valence-electron chi connectivity index (χ4n) is 9.06. The number of aryl methyl sites for hydroxylation is 1. The van der Waals surface area contributed by atoms with Gasteiger partial charge in [0, 0.05) is 78.9 Å². The zero-order valence-corrected chi connectivity index (χ0v) is 38.6. The summed E-state index contributed by atoms with van der Waals surface area (Å²) in [5.74, 6) is -0.212. The first-order valence-electron chi connectivity index (χ1n) is 21.6. The summed E-state index contributed by atoms with van der Waals surface area (Å²) in [5.41, 5.74) is 7.49. The monoisotopic (exact) mass is 913 g/mol. The topological polar surface area (TPSA) is 166 Å². The lowest BCUT2D eigenvalue weighted by Crippen LogP contribution is -2.47. The van der Waals surface area contributed by atoms with E-state index in [1.165, 1.54) is 35.1 Å². The minimum Gasteiger partial charge on any atom is -0.455 e. The molecule has 13 nitrogen and oxygen atoms in total. The Morgan fingerprint density at radius 2 is 1.65 bits per heavy atom. The number of rotatable bonds is 13. The van der Waals surface area contributed by atoms with Crippen molar-refractivity contribution in [3.8, 4) is 11.5 Å². The van der Waals surface area contributed by atoms with E-state index in [0.717, 1.165) is 86.6 Å². The Kier molecular flexibility index (Phi) is 13.0. The predicted octanol–water partition coefficient (Wildman–Crippen LogP) is 8.49. The first-order chi connectivity index (χ1) is 30.0. The molecule has 2 fully saturated rings. The number of carbonyl (C=O) groups is 1. The van der Waals surface area contributed by atoms with Crippen molar-refractivity contribution in [3.05, 3.63) is 112 Å². The van der Waals surface area contributed by atoms with Crippen molar-refractivity contribution in [1.82, 2.24) is 24.3 Å². The number of fused-ring (bicyclic) bond motifs is 1. The van der Waals surface area contributed by atoms with E-state index in [1.807, 2.05) is 37.3 Å². The van der Waals surface area contributed by atoms with Crippen LogP contribution in [0.4, 0.5) is 11.4 Å². The van der Waals surface area contributed by atoms with E-state index in [9.17, 15) is 21.6 Å². The molecular weight excluding hydrogens is 858 g/mol. The molecule has 2 aromatic heterocycles. The molecule has 0 unspecified atom stereocenters. The third-order valence-corrected chi connectivity index (χ3v) is 14.9. The van der Waals surface area contributed by atoms with Crippen LogP contribution in [0, 0.1) is 12.3 Å². The minimum absolute atomic E-state index is 0.0491. The van der Waals surface area contributed by atoms with Gasteiger partial charge in [-0.1, -0.05) is 43.2 Å². The van der Waals surface area contributed by atoms with E-state index in [4.69, 9.17) is 16.3 Å². The predicted molar refractivity (Wildman–Crippen MR) is 251 cm³/mol. The maximum absolute atomic E-state index is 14.0. The summed E-state index contributed by atoms with van der Waals surface area (Å²) in [6.07, 6.45) is 10.7. The molecule has 1 amide bonds. The molecule has 1 saturated carbocycles. The fourth-order valence-corrected chi connectivity index (χ4v) is 11.1. The number of hydrogen-bond acceptors (Lipinski definition) is 10. The minimum atomic E-state index is -4.28. The number of sulfonamides is 2. The lowest BCUT2D eigenvalue weighted by molar-refractivity contribution is 0.0979. The van der Waals surface area contributed by atoms with Crippen molar-refractivity contribution in [1.29, 1.82) is 0 Å². The number of aromatic amines is 1. The lowest BCUT2D eigenvalue weighted by atomic mass is 9.72. The first kappa shape index (κ1) is 44.7. The second-order valence-electron chi connectivity index (χ2n) is 18.1. The van der Waals surface area contributed by atoms with Crippen LogP contribution in [0.2, 0.25) is 5.02 Å². The van der Waals surface area contributed by atoms with E-state index in [-0.39, 0.29) is 33.7 Å². The third kappa shape index (κ3) is 11.1. The van der Waals surface area contributed by atoms with Gasteiger partial charge in [-0.05, 0) is 129 Å². The highest BCUT2D eigenvalue weighted by molar-refractivity contribution is 7.90. The Hall–Kier alpha value is -4.93. The van der Waals surface area contributed by atoms with Crippen LogP contribution in [0.3, 0.4) is 0 Å². The van der Waals surface area contributed by atoms with Crippen LogP contribution >= 0.6 is 11.6 Å². The summed E-state index contributed by atoms with van der Waals surface area (Å²) < 4.78 is 62.2. The molecule has 0 spiro atoms. The SMILES string of the molecule is Cc1cc(S(=O)(=O)NC(=O)c2ccc(N3CCN(CC4=C(c5ccc(Cl)cc5)CC(C)(C)CC4)CC3)cc2Oc2cnc3[nH]ccc3c2)ccc1NC1CCC(NS(C)(=O)=O)CC1. The van der Waals surface area contributed by atoms with E-state index in [0.29, 0.717) is 29.8 Å². The number of nitrogens with zero attached hydrogens (tertiary/aromatic N) is 3. The van der Waals surface area contributed by atoms with Crippen molar-refractivity contribution in [2.24, 2.45) is 5.41 Å². The molecule has 0 atom stereocenters. The largest absolute Gasteiger partial charge is 0.455 e. The zero-order chi connectivity index (χ0) is 44.5. The quantitative estimate of drug-likeness (QED) is 0.0900. The highest BCUT2D eigenvalue weighted by atomic mass is 35.5. The number of anilines is 2. The number of benzene rings is 3. The molecule has 1 aliphatic heterocycles. The summed E-state index contributed by atoms with van der Waals surface area (Å²) in [6, 6.07) is 21.9. The fraction of sp³-hybridized carbons (Fsp3) is 0.404. The summed E-state index contributed by atoms with van der Waals surface area (Å²) in [6.45, 7) is 10.6. The first-order valence-corrected chi connectivity index (χ1v) is 25.3. The van der Waals surface area contributed by atoms with E-state index >= 15 is 0 Å². The molecule has 0 bridgehead atoms. The van der Waals surface area contributed by atoms with Crippen LogP contribution in [-0.2, 0) is 20.0 Å².